The molecule has 8 heteroatoms. The van der Waals surface area contributed by atoms with Crippen LogP contribution in [0.3, 0.4) is 0 Å². The largest absolute Gasteiger partial charge is 0.494 e. The summed E-state index contributed by atoms with van der Waals surface area (Å²) in [5, 5.41) is 10.6. The second kappa shape index (κ2) is 7.73. The molecule has 1 unspecified atom stereocenters. The molecule has 140 valence electrons. The molecule has 1 atom stereocenters. The van der Waals surface area contributed by atoms with Crippen molar-refractivity contribution in [3.8, 4) is 22.8 Å². The molecule has 0 saturated heterocycles. The Morgan fingerprint density at radius 2 is 1.78 bits per heavy atom. The van der Waals surface area contributed by atoms with Crippen LogP contribution in [0.4, 0.5) is 4.39 Å². The molecule has 0 aliphatic rings. The summed E-state index contributed by atoms with van der Waals surface area (Å²) in [6.45, 7) is 0. The van der Waals surface area contributed by atoms with Crippen LogP contribution in [0.2, 0.25) is 0 Å². The van der Waals surface area contributed by atoms with E-state index in [0.717, 1.165) is 0 Å². The van der Waals surface area contributed by atoms with Crippen molar-refractivity contribution in [1.82, 2.24) is 4.57 Å². The quantitative estimate of drug-likeness (QED) is 0.515. The number of carbonyl (C=O) groups excluding carboxylic acids is 1. The highest BCUT2D eigenvalue weighted by atomic mass is 32.2. The lowest BCUT2D eigenvalue weighted by Gasteiger charge is -2.11. The zero-order chi connectivity index (χ0) is 19.6. The Morgan fingerprint density at radius 1 is 1.15 bits per heavy atom. The minimum absolute atomic E-state index is 0.00207. The highest BCUT2D eigenvalue weighted by Crippen LogP contribution is 2.34. The topological polar surface area (TPSA) is 88.8 Å². The summed E-state index contributed by atoms with van der Waals surface area (Å²) in [6, 6.07) is 13.7. The number of ether oxygens (including phenoxy) is 1. The predicted molar refractivity (Wildman–Crippen MR) is 98.6 cm³/mol. The summed E-state index contributed by atoms with van der Waals surface area (Å²) in [5.74, 6) is -1.47. The van der Waals surface area contributed by atoms with Crippen molar-refractivity contribution in [2.24, 2.45) is 0 Å². The van der Waals surface area contributed by atoms with Crippen LogP contribution in [0.25, 0.3) is 16.9 Å². The molecular formula is C19H16FNO5S. The number of esters is 1. The predicted octanol–water partition coefficient (Wildman–Crippen LogP) is 3.50. The van der Waals surface area contributed by atoms with Crippen molar-refractivity contribution in [3.63, 3.8) is 0 Å². The molecule has 0 aliphatic carbocycles. The molecule has 27 heavy (non-hydrogen) atoms. The van der Waals surface area contributed by atoms with Gasteiger partial charge in [-0.1, -0.05) is 24.3 Å². The molecule has 3 aromatic rings. The summed E-state index contributed by atoms with van der Waals surface area (Å²) < 4.78 is 39.3. The first-order valence-corrected chi connectivity index (χ1v) is 9.14. The van der Waals surface area contributed by atoms with Gasteiger partial charge in [-0.2, -0.15) is 0 Å². The van der Waals surface area contributed by atoms with Gasteiger partial charge >= 0.3 is 5.97 Å². The molecule has 0 fully saturated rings. The normalized spacial score (nSPS) is 12.0. The Balaban J connectivity index is 2.14. The summed E-state index contributed by atoms with van der Waals surface area (Å²) in [5.41, 5.74) is 2.22. The minimum atomic E-state index is -1.95. The number of nitrogens with zero attached hydrogens (tertiary/aromatic N) is 1. The smallest absolute Gasteiger partial charge is 0.343 e. The SMILES string of the molecule is COC(=O)c1cc(-c2ccc(CS(=O)O)cc2)n(-c2ccc(F)cc2)c1O. The molecule has 6 nitrogen and oxygen atoms in total. The zero-order valence-corrected chi connectivity index (χ0v) is 15.1. The fourth-order valence-electron chi connectivity index (χ4n) is 2.74. The Bertz CT molecular complexity index is 996. The van der Waals surface area contributed by atoms with Gasteiger partial charge in [-0.05, 0) is 41.5 Å². The third-order valence-electron chi connectivity index (χ3n) is 4.00. The van der Waals surface area contributed by atoms with E-state index in [4.69, 9.17) is 9.29 Å². The van der Waals surface area contributed by atoms with Gasteiger partial charge in [0.25, 0.3) is 0 Å². The lowest BCUT2D eigenvalue weighted by atomic mass is 10.1. The molecule has 2 aromatic carbocycles. The summed E-state index contributed by atoms with van der Waals surface area (Å²) in [4.78, 5) is 12.0. The second-order valence-electron chi connectivity index (χ2n) is 5.73. The maximum Gasteiger partial charge on any atom is 0.343 e. The molecule has 2 N–H and O–H groups in total. The lowest BCUT2D eigenvalue weighted by Crippen LogP contribution is -2.01. The molecule has 1 aromatic heterocycles. The van der Waals surface area contributed by atoms with Gasteiger partial charge < -0.3 is 14.4 Å². The van der Waals surface area contributed by atoms with Gasteiger partial charge in [0.2, 0.25) is 5.88 Å². The molecule has 3 rings (SSSR count). The summed E-state index contributed by atoms with van der Waals surface area (Å²) >= 11 is -1.95. The van der Waals surface area contributed by atoms with E-state index in [1.807, 2.05) is 0 Å². The number of carbonyl (C=O) groups is 1. The summed E-state index contributed by atoms with van der Waals surface area (Å²) in [7, 11) is 1.21. The average Bonchev–Trinajstić information content (AvgIpc) is 2.99. The van der Waals surface area contributed by atoms with Crippen LogP contribution in [-0.4, -0.2) is 31.5 Å². The zero-order valence-electron chi connectivity index (χ0n) is 14.3. The van der Waals surface area contributed by atoms with Gasteiger partial charge in [0.1, 0.15) is 11.4 Å². The van der Waals surface area contributed by atoms with Gasteiger partial charge in [0.05, 0.1) is 18.6 Å². The highest BCUT2D eigenvalue weighted by Gasteiger charge is 2.22. The molecule has 0 saturated carbocycles. The van der Waals surface area contributed by atoms with Gasteiger partial charge in [-0.15, -0.1) is 0 Å². The monoisotopic (exact) mass is 389 g/mol. The fraction of sp³-hybridized carbons (Fsp3) is 0.105. The van der Waals surface area contributed by atoms with Crippen LogP contribution < -0.4 is 0 Å². The molecule has 0 spiro atoms. The van der Waals surface area contributed by atoms with Gasteiger partial charge in [0.15, 0.2) is 11.1 Å². The molecular weight excluding hydrogens is 373 g/mol. The third kappa shape index (κ3) is 3.91. The van der Waals surface area contributed by atoms with Crippen molar-refractivity contribution < 1.29 is 27.8 Å². The molecule has 0 aliphatic heterocycles. The highest BCUT2D eigenvalue weighted by molar-refractivity contribution is 7.78. The van der Waals surface area contributed by atoms with Gasteiger partial charge in [0, 0.05) is 5.69 Å². The van der Waals surface area contributed by atoms with E-state index in [2.05, 4.69) is 0 Å². The Kier molecular flexibility index (Phi) is 5.38. The van der Waals surface area contributed by atoms with Crippen molar-refractivity contribution in [1.29, 1.82) is 0 Å². The van der Waals surface area contributed by atoms with Crippen LogP contribution in [0.5, 0.6) is 5.88 Å². The lowest BCUT2D eigenvalue weighted by molar-refractivity contribution is 0.0597. The number of aromatic nitrogens is 1. The van der Waals surface area contributed by atoms with Crippen LogP contribution in [-0.2, 0) is 21.6 Å². The molecule has 1 heterocycles. The van der Waals surface area contributed by atoms with E-state index in [1.54, 1.807) is 24.3 Å². The van der Waals surface area contributed by atoms with Crippen LogP contribution in [0.15, 0.2) is 54.6 Å². The van der Waals surface area contributed by atoms with Gasteiger partial charge in [-0.25, -0.2) is 13.4 Å². The molecule has 0 radical (unpaired) electrons. The molecule has 0 bridgehead atoms. The summed E-state index contributed by atoms with van der Waals surface area (Å²) in [6.07, 6.45) is 0. The molecule has 0 amide bonds. The second-order valence-corrected chi connectivity index (χ2v) is 6.66. The van der Waals surface area contributed by atoms with E-state index in [9.17, 15) is 18.5 Å². The number of halogens is 1. The Morgan fingerprint density at radius 3 is 2.33 bits per heavy atom. The van der Waals surface area contributed by atoms with Crippen molar-refractivity contribution >= 4 is 17.0 Å². The van der Waals surface area contributed by atoms with E-state index in [0.29, 0.717) is 22.5 Å². The van der Waals surface area contributed by atoms with E-state index >= 15 is 0 Å². The Hall–Kier alpha value is -2.97. The maximum atomic E-state index is 13.3. The standard InChI is InChI=1S/C19H16FNO5S/c1-26-19(23)16-10-17(13-4-2-12(3-5-13)11-27(24)25)21(18(16)22)15-8-6-14(20)7-9-15/h2-10,22H,11H2,1H3,(H,24,25). The fourth-order valence-corrected chi connectivity index (χ4v) is 3.22. The third-order valence-corrected chi connectivity index (χ3v) is 4.58. The first kappa shape index (κ1) is 18.8. The Labute approximate surface area is 157 Å². The minimum Gasteiger partial charge on any atom is -0.494 e. The number of rotatable bonds is 5. The number of aromatic hydroxyl groups is 1. The maximum absolute atomic E-state index is 13.3. The van der Waals surface area contributed by atoms with Crippen molar-refractivity contribution in [2.45, 2.75) is 5.75 Å². The van der Waals surface area contributed by atoms with Crippen molar-refractivity contribution in [2.75, 3.05) is 7.11 Å². The van der Waals surface area contributed by atoms with E-state index in [-0.39, 0.29) is 17.2 Å². The van der Waals surface area contributed by atoms with Gasteiger partial charge in [-0.3, -0.25) is 4.57 Å². The van der Waals surface area contributed by atoms with Crippen LogP contribution >= 0.6 is 0 Å². The number of methoxy groups -OCH3 is 1. The van der Waals surface area contributed by atoms with Crippen molar-refractivity contribution in [3.05, 3.63) is 71.5 Å². The first-order valence-electron chi connectivity index (χ1n) is 7.86. The van der Waals surface area contributed by atoms with Crippen LogP contribution in [0, 0.1) is 5.82 Å². The number of hydrogen-bond acceptors (Lipinski definition) is 4. The average molecular weight is 389 g/mol. The number of hydrogen-bond donors (Lipinski definition) is 2. The van der Waals surface area contributed by atoms with Crippen LogP contribution in [0.1, 0.15) is 15.9 Å². The van der Waals surface area contributed by atoms with E-state index < -0.39 is 22.9 Å². The first-order chi connectivity index (χ1) is 12.9. The van der Waals surface area contributed by atoms with E-state index in [1.165, 1.54) is 42.0 Å². The number of benzene rings is 2.